The second-order valence-corrected chi connectivity index (χ2v) is 7.14. The first-order valence-electron chi connectivity index (χ1n) is 7.63. The average Bonchev–Trinajstić information content (AvgIpc) is 2.42. The van der Waals surface area contributed by atoms with Crippen molar-refractivity contribution in [2.24, 2.45) is 11.3 Å². The minimum Gasteiger partial charge on any atom is -0.468 e. The molecule has 2 unspecified atom stereocenters. The molecule has 0 saturated carbocycles. The van der Waals surface area contributed by atoms with Crippen LogP contribution in [0.25, 0.3) is 0 Å². The van der Waals surface area contributed by atoms with Crippen molar-refractivity contribution in [2.45, 2.75) is 53.1 Å². The topological polar surface area (TPSA) is 38.3 Å². The molecule has 1 aromatic rings. The summed E-state index contributed by atoms with van der Waals surface area (Å²) in [5.41, 5.74) is 1.38. The third kappa shape index (κ3) is 5.88. The number of carbonyl (C=O) groups excluding carboxylic acids is 1. The normalized spacial score (nSPS) is 14.8. The summed E-state index contributed by atoms with van der Waals surface area (Å²) in [6.45, 7) is 10.7. The standard InChI is InChI=1S/C18H29NO2/c1-13(2)16(17(20)21-6)19-15(12-18(3,4)5)14-10-8-7-9-11-14/h7-11,13,15-16,19H,12H2,1-6H3. The van der Waals surface area contributed by atoms with E-state index in [0.29, 0.717) is 0 Å². The summed E-state index contributed by atoms with van der Waals surface area (Å²) in [4.78, 5) is 12.0. The summed E-state index contributed by atoms with van der Waals surface area (Å²) in [6, 6.07) is 10.2. The lowest BCUT2D eigenvalue weighted by Crippen LogP contribution is -2.44. The van der Waals surface area contributed by atoms with Crippen LogP contribution in [-0.2, 0) is 9.53 Å². The van der Waals surface area contributed by atoms with Gasteiger partial charge in [-0.05, 0) is 23.3 Å². The molecule has 0 aliphatic rings. The van der Waals surface area contributed by atoms with Crippen LogP contribution in [0.15, 0.2) is 30.3 Å². The largest absolute Gasteiger partial charge is 0.468 e. The Kier molecular flexibility index (Phi) is 6.41. The molecule has 0 aliphatic heterocycles. The first-order valence-corrected chi connectivity index (χ1v) is 7.63. The predicted molar refractivity (Wildman–Crippen MR) is 87.0 cm³/mol. The van der Waals surface area contributed by atoms with Gasteiger partial charge in [0.25, 0.3) is 0 Å². The fourth-order valence-corrected chi connectivity index (χ4v) is 2.45. The summed E-state index contributed by atoms with van der Waals surface area (Å²) in [6.07, 6.45) is 0.956. The molecule has 3 heteroatoms. The smallest absolute Gasteiger partial charge is 0.323 e. The molecule has 0 saturated heterocycles. The van der Waals surface area contributed by atoms with Gasteiger partial charge in [0.05, 0.1) is 7.11 Å². The molecule has 1 aromatic carbocycles. The zero-order chi connectivity index (χ0) is 16.0. The van der Waals surface area contributed by atoms with Crippen molar-refractivity contribution >= 4 is 5.97 Å². The van der Waals surface area contributed by atoms with E-state index in [1.165, 1.54) is 12.7 Å². The van der Waals surface area contributed by atoms with Gasteiger partial charge in [0, 0.05) is 6.04 Å². The van der Waals surface area contributed by atoms with E-state index in [1.54, 1.807) is 0 Å². The first-order chi connectivity index (χ1) is 9.74. The summed E-state index contributed by atoms with van der Waals surface area (Å²) < 4.78 is 4.94. The van der Waals surface area contributed by atoms with Gasteiger partial charge in [0.1, 0.15) is 6.04 Å². The highest BCUT2D eigenvalue weighted by Crippen LogP contribution is 2.30. The molecule has 0 radical (unpaired) electrons. The number of benzene rings is 1. The van der Waals surface area contributed by atoms with Crippen molar-refractivity contribution in [3.05, 3.63) is 35.9 Å². The molecule has 0 fully saturated rings. The highest BCUT2D eigenvalue weighted by molar-refractivity contribution is 5.76. The minimum atomic E-state index is -0.289. The molecule has 3 nitrogen and oxygen atoms in total. The van der Waals surface area contributed by atoms with Crippen LogP contribution in [0.3, 0.4) is 0 Å². The lowest BCUT2D eigenvalue weighted by Gasteiger charge is -2.31. The maximum absolute atomic E-state index is 12.0. The molecular formula is C18H29NO2. The van der Waals surface area contributed by atoms with E-state index in [9.17, 15) is 4.79 Å². The number of rotatable bonds is 6. The van der Waals surface area contributed by atoms with E-state index in [-0.39, 0.29) is 29.4 Å². The molecule has 0 heterocycles. The van der Waals surface area contributed by atoms with Crippen LogP contribution in [0.4, 0.5) is 0 Å². The number of hydrogen-bond acceptors (Lipinski definition) is 3. The van der Waals surface area contributed by atoms with Crippen LogP contribution in [0, 0.1) is 11.3 Å². The molecule has 0 aliphatic carbocycles. The van der Waals surface area contributed by atoms with E-state index >= 15 is 0 Å². The minimum absolute atomic E-state index is 0.137. The van der Waals surface area contributed by atoms with Gasteiger partial charge < -0.3 is 4.74 Å². The van der Waals surface area contributed by atoms with Crippen LogP contribution in [0.5, 0.6) is 0 Å². The molecule has 1 rings (SSSR count). The Morgan fingerprint density at radius 3 is 2.19 bits per heavy atom. The van der Waals surface area contributed by atoms with Gasteiger partial charge in [0.15, 0.2) is 0 Å². The maximum Gasteiger partial charge on any atom is 0.323 e. The van der Waals surface area contributed by atoms with Gasteiger partial charge in [-0.3, -0.25) is 10.1 Å². The first kappa shape index (κ1) is 17.7. The third-order valence-corrected chi connectivity index (χ3v) is 3.52. The van der Waals surface area contributed by atoms with Gasteiger partial charge in [-0.15, -0.1) is 0 Å². The molecule has 0 amide bonds. The molecule has 21 heavy (non-hydrogen) atoms. The summed E-state index contributed by atoms with van der Waals surface area (Å²) in [7, 11) is 1.45. The lowest BCUT2D eigenvalue weighted by atomic mass is 9.84. The van der Waals surface area contributed by atoms with Crippen molar-refractivity contribution < 1.29 is 9.53 Å². The molecule has 118 valence electrons. The average molecular weight is 291 g/mol. The van der Waals surface area contributed by atoms with Gasteiger partial charge in [-0.25, -0.2) is 0 Å². The summed E-state index contributed by atoms with van der Waals surface area (Å²) >= 11 is 0. The van der Waals surface area contributed by atoms with Gasteiger partial charge >= 0.3 is 5.97 Å². The molecule has 2 atom stereocenters. The second-order valence-electron chi connectivity index (χ2n) is 7.14. The zero-order valence-electron chi connectivity index (χ0n) is 14.1. The van der Waals surface area contributed by atoms with Crippen LogP contribution >= 0.6 is 0 Å². The highest BCUT2D eigenvalue weighted by Gasteiger charge is 2.28. The summed E-state index contributed by atoms with van der Waals surface area (Å²) in [5.74, 6) is -0.0107. The fraction of sp³-hybridized carbons (Fsp3) is 0.611. The van der Waals surface area contributed by atoms with Crippen LogP contribution < -0.4 is 5.32 Å². The van der Waals surface area contributed by atoms with Gasteiger partial charge in [0.2, 0.25) is 0 Å². The highest BCUT2D eigenvalue weighted by atomic mass is 16.5. The Hall–Kier alpha value is -1.35. The maximum atomic E-state index is 12.0. The number of methoxy groups -OCH3 is 1. The Balaban J connectivity index is 2.98. The lowest BCUT2D eigenvalue weighted by molar-refractivity contribution is -0.144. The van der Waals surface area contributed by atoms with Gasteiger partial charge in [-0.2, -0.15) is 0 Å². The molecule has 1 N–H and O–H groups in total. The van der Waals surface area contributed by atoms with Gasteiger partial charge in [-0.1, -0.05) is 65.0 Å². The van der Waals surface area contributed by atoms with Crippen LogP contribution in [-0.4, -0.2) is 19.1 Å². The number of nitrogens with one attached hydrogen (secondary N) is 1. The number of carbonyl (C=O) groups is 1. The van der Waals surface area contributed by atoms with E-state index in [1.807, 2.05) is 32.0 Å². The van der Waals surface area contributed by atoms with Crippen LogP contribution in [0.2, 0.25) is 0 Å². The van der Waals surface area contributed by atoms with Crippen molar-refractivity contribution in [3.63, 3.8) is 0 Å². The van der Waals surface area contributed by atoms with E-state index < -0.39 is 0 Å². The second kappa shape index (κ2) is 7.60. The summed E-state index contributed by atoms with van der Waals surface area (Å²) in [5, 5.41) is 3.50. The fourth-order valence-electron chi connectivity index (χ4n) is 2.45. The molecule has 0 aromatic heterocycles. The Labute approximate surface area is 129 Å². The zero-order valence-corrected chi connectivity index (χ0v) is 14.1. The molecular weight excluding hydrogens is 262 g/mol. The number of esters is 1. The van der Waals surface area contributed by atoms with E-state index in [4.69, 9.17) is 4.74 Å². The molecule has 0 bridgehead atoms. The Morgan fingerprint density at radius 1 is 1.19 bits per heavy atom. The Morgan fingerprint density at radius 2 is 1.76 bits per heavy atom. The van der Waals surface area contributed by atoms with E-state index in [0.717, 1.165) is 6.42 Å². The van der Waals surface area contributed by atoms with Crippen molar-refractivity contribution in [3.8, 4) is 0 Å². The SMILES string of the molecule is COC(=O)C(NC(CC(C)(C)C)c1ccccc1)C(C)C. The van der Waals surface area contributed by atoms with Crippen molar-refractivity contribution in [2.75, 3.05) is 7.11 Å². The van der Waals surface area contributed by atoms with Crippen molar-refractivity contribution in [1.82, 2.24) is 5.32 Å². The van der Waals surface area contributed by atoms with Crippen LogP contribution in [0.1, 0.15) is 52.6 Å². The number of hydrogen-bond donors (Lipinski definition) is 1. The monoisotopic (exact) mass is 291 g/mol. The van der Waals surface area contributed by atoms with E-state index in [2.05, 4.69) is 38.2 Å². The predicted octanol–water partition coefficient (Wildman–Crippen LogP) is 3.95. The van der Waals surface area contributed by atoms with Crippen molar-refractivity contribution in [1.29, 1.82) is 0 Å². The quantitative estimate of drug-likeness (QED) is 0.806. The third-order valence-electron chi connectivity index (χ3n) is 3.52. The number of ether oxygens (including phenoxy) is 1. The molecule has 0 spiro atoms. The Bertz CT molecular complexity index is 434.